The number of carbonyl (C=O) groups is 4. The molecule has 446 valence electrons. The summed E-state index contributed by atoms with van der Waals surface area (Å²) in [4.78, 5) is 67.5. The summed E-state index contributed by atoms with van der Waals surface area (Å²) in [7, 11) is 11.6. The van der Waals surface area contributed by atoms with E-state index in [-0.39, 0.29) is 11.6 Å². The van der Waals surface area contributed by atoms with Crippen molar-refractivity contribution in [3.05, 3.63) is 310 Å². The van der Waals surface area contributed by atoms with Crippen LogP contribution in [0.5, 0.6) is 11.5 Å². The van der Waals surface area contributed by atoms with Crippen LogP contribution in [0.4, 0.5) is 11.4 Å². The summed E-state index contributed by atoms with van der Waals surface area (Å²) in [6.07, 6.45) is 14.3. The lowest BCUT2D eigenvalue weighted by atomic mass is 9.90. The molecule has 91 heavy (non-hydrogen) atoms. The summed E-state index contributed by atoms with van der Waals surface area (Å²) in [6.45, 7) is 4.70. The van der Waals surface area contributed by atoms with E-state index in [2.05, 4.69) is 60.5 Å². The Morgan fingerprint density at radius 3 is 1.37 bits per heavy atom. The number of carbonyl (C=O) groups excluding carboxylic acids is 4. The van der Waals surface area contributed by atoms with E-state index in [1.54, 1.807) is 36.4 Å². The zero-order chi connectivity index (χ0) is 63.4. The highest BCUT2D eigenvalue weighted by atomic mass is 16.5. The number of anilines is 2. The number of pyridine rings is 2. The molecule has 0 radical (unpaired) electrons. The van der Waals surface area contributed by atoms with Crippen LogP contribution in [0.2, 0.25) is 0 Å². The van der Waals surface area contributed by atoms with Crippen LogP contribution in [0, 0.1) is 6.92 Å². The second kappa shape index (κ2) is 25.7. The summed E-state index contributed by atoms with van der Waals surface area (Å²) < 4.78 is 15.9. The van der Waals surface area contributed by atoms with Gasteiger partial charge in [0.1, 0.15) is 25.6 Å². The summed E-state index contributed by atoms with van der Waals surface area (Å²) in [5, 5.41) is 2.78. The SMILES string of the molecule is CCN=C1C=CC(=C(C=CC=C(c2ccc(C)cc2)c2ccc(N(C)C)c(C(=O)c3ccc4c(C(=O)Oc5ccccc5)c5ccccc5[n+](C)c4c3)c2)c2ccc(N(C)C)c(C(=O)c3ccc4c(C(=O)Oc5ccccc5)c5ccccc5[n+](C)c4c3)c2)C=C1. The number of allylic oxidation sites excluding steroid dienone is 9. The maximum absolute atomic E-state index is 15.3. The van der Waals surface area contributed by atoms with Crippen LogP contribution in [0.25, 0.3) is 54.8 Å². The van der Waals surface area contributed by atoms with Crippen molar-refractivity contribution in [2.24, 2.45) is 19.1 Å². The molecule has 2 aromatic heterocycles. The topological polar surface area (TPSA) is 113 Å². The third kappa shape index (κ3) is 12.0. The van der Waals surface area contributed by atoms with Gasteiger partial charge in [0, 0.05) is 92.6 Å². The second-order valence-corrected chi connectivity index (χ2v) is 22.9. The number of esters is 2. The molecule has 1 aliphatic rings. The first-order valence-corrected chi connectivity index (χ1v) is 30.2. The molecule has 0 atom stereocenters. The third-order valence-electron chi connectivity index (χ3n) is 16.6. The molecular formula is C80H67N5O6+2. The number of hydrogen-bond donors (Lipinski definition) is 0. The number of fused-ring (bicyclic) bond motifs is 4. The predicted octanol–water partition coefficient (Wildman–Crippen LogP) is 15.3. The van der Waals surface area contributed by atoms with Crippen LogP contribution < -0.4 is 28.4 Å². The first kappa shape index (κ1) is 59.9. The van der Waals surface area contributed by atoms with Gasteiger partial charge in [-0.1, -0.05) is 133 Å². The van der Waals surface area contributed by atoms with E-state index < -0.39 is 11.9 Å². The second-order valence-electron chi connectivity index (χ2n) is 22.9. The molecule has 0 N–H and O–H groups in total. The smallest absolute Gasteiger partial charge is 0.345 e. The Morgan fingerprint density at radius 2 is 0.890 bits per heavy atom. The fourth-order valence-electron chi connectivity index (χ4n) is 12.0. The van der Waals surface area contributed by atoms with Gasteiger partial charge >= 0.3 is 11.9 Å². The third-order valence-corrected chi connectivity index (χ3v) is 16.6. The van der Waals surface area contributed by atoms with Gasteiger partial charge in [-0.25, -0.2) is 9.59 Å². The number of rotatable bonds is 16. The summed E-state index contributed by atoms with van der Waals surface area (Å²) >= 11 is 0. The van der Waals surface area contributed by atoms with Crippen LogP contribution in [-0.2, 0) is 14.1 Å². The van der Waals surface area contributed by atoms with Crippen LogP contribution in [0.15, 0.2) is 259 Å². The number of hydrogen-bond acceptors (Lipinski definition) is 9. The number of nitrogens with zero attached hydrogens (tertiary/aromatic N) is 5. The Hall–Kier alpha value is -11.4. The molecule has 0 spiro atoms. The van der Waals surface area contributed by atoms with Gasteiger partial charge in [-0.15, -0.1) is 0 Å². The molecule has 0 unspecified atom stereocenters. The molecule has 0 aliphatic heterocycles. The standard InChI is InChI=1S/C80H67N5O6/c1-9-81-58-41-35-53(36-42-58)62(55-40-46-70(83(5)6)68(48-55)78(87)57-38-44-66-74(50-57)85(8)72-30-19-17-26-64(72)76(66)80(89)91-60-23-14-11-15-24-60)28-20-27-61(52-33-31-51(2)32-34-52)54-39-45-69(82(3)4)67(47-54)77(86)56-37-43-65-73(49-56)84(7)71-29-18-16-25-63(71)75(65)79(88)90-59-21-12-10-13-22-59/h10-50H,9H2,1-8H3/q+2. The van der Waals surface area contributed by atoms with Gasteiger partial charge in [0.05, 0.1) is 38.4 Å². The van der Waals surface area contributed by atoms with Gasteiger partial charge < -0.3 is 19.3 Å². The van der Waals surface area contributed by atoms with Gasteiger partial charge in [-0.3, -0.25) is 14.6 Å². The summed E-state index contributed by atoms with van der Waals surface area (Å²) in [5.74, 6) is -0.496. The first-order valence-electron chi connectivity index (χ1n) is 30.2. The zero-order valence-corrected chi connectivity index (χ0v) is 52.1. The molecule has 9 aromatic carbocycles. The normalized spacial score (nSPS) is 12.3. The molecule has 0 fully saturated rings. The molecular weight excluding hydrogens is 1130 g/mol. The lowest BCUT2D eigenvalue weighted by molar-refractivity contribution is -0.617. The average Bonchev–Trinajstić information content (AvgIpc) is 0.782. The molecule has 2 heterocycles. The van der Waals surface area contributed by atoms with Crippen molar-refractivity contribution in [3.63, 3.8) is 0 Å². The Labute approximate surface area is 529 Å². The van der Waals surface area contributed by atoms with Crippen molar-refractivity contribution in [3.8, 4) is 11.5 Å². The quantitative estimate of drug-likeness (QED) is 0.0235. The van der Waals surface area contributed by atoms with Gasteiger partial charge in [0.25, 0.3) is 0 Å². The number of aryl methyl sites for hydroxylation is 3. The number of ketones is 2. The molecule has 11 heteroatoms. The lowest BCUT2D eigenvalue weighted by Crippen LogP contribution is -2.32. The van der Waals surface area contributed by atoms with Gasteiger partial charge in [0.2, 0.25) is 22.1 Å². The van der Waals surface area contributed by atoms with Crippen LogP contribution in [-0.4, -0.2) is 64.0 Å². The fourth-order valence-corrected chi connectivity index (χ4v) is 12.0. The van der Waals surface area contributed by atoms with Gasteiger partial charge in [0.15, 0.2) is 11.6 Å². The van der Waals surface area contributed by atoms with E-state index in [1.807, 2.05) is 232 Å². The molecule has 1 aliphatic carbocycles. The molecule has 11 nitrogen and oxygen atoms in total. The number of benzene rings is 9. The van der Waals surface area contributed by atoms with Crippen molar-refractivity contribution in [1.82, 2.24) is 0 Å². The summed E-state index contributed by atoms with van der Waals surface area (Å²) in [5.41, 5.74) is 14.4. The van der Waals surface area contributed by atoms with Crippen LogP contribution >= 0.6 is 0 Å². The first-order chi connectivity index (χ1) is 44.1. The highest BCUT2D eigenvalue weighted by Crippen LogP contribution is 2.36. The Kier molecular flexibility index (Phi) is 16.9. The number of para-hydroxylation sites is 4. The van der Waals surface area contributed by atoms with Crippen molar-refractivity contribution >= 4 is 95.3 Å². The highest BCUT2D eigenvalue weighted by Gasteiger charge is 2.29. The molecule has 0 saturated carbocycles. The minimum absolute atomic E-state index is 0.187. The summed E-state index contributed by atoms with van der Waals surface area (Å²) in [6, 6.07) is 64.8. The zero-order valence-electron chi connectivity index (χ0n) is 52.1. The minimum atomic E-state index is -0.493. The van der Waals surface area contributed by atoms with Crippen LogP contribution in [0.1, 0.15) is 81.7 Å². The fraction of sp³-hybridized carbons (Fsp3) is 0.113. The van der Waals surface area contributed by atoms with E-state index >= 15 is 9.59 Å². The number of aromatic nitrogens is 2. The molecule has 12 rings (SSSR count). The van der Waals surface area contributed by atoms with E-state index in [0.717, 1.165) is 77.9 Å². The Bertz CT molecular complexity index is 4940. The van der Waals surface area contributed by atoms with Gasteiger partial charge in [-0.2, -0.15) is 9.13 Å². The minimum Gasteiger partial charge on any atom is -0.423 e. The van der Waals surface area contributed by atoms with Crippen molar-refractivity contribution in [2.75, 3.05) is 44.5 Å². The highest BCUT2D eigenvalue weighted by molar-refractivity contribution is 6.19. The van der Waals surface area contributed by atoms with E-state index in [9.17, 15) is 9.59 Å². The van der Waals surface area contributed by atoms with Crippen molar-refractivity contribution < 1.29 is 37.8 Å². The molecule has 0 amide bonds. The maximum atomic E-state index is 15.3. The van der Waals surface area contributed by atoms with E-state index in [4.69, 9.17) is 9.47 Å². The number of ether oxygens (including phenoxy) is 2. The lowest BCUT2D eigenvalue weighted by Gasteiger charge is -2.20. The molecule has 0 saturated heterocycles. The monoisotopic (exact) mass is 1190 g/mol. The molecule has 11 aromatic rings. The maximum Gasteiger partial charge on any atom is 0.345 e. The largest absolute Gasteiger partial charge is 0.423 e. The number of aliphatic imine (C=N–C) groups is 1. The average molecular weight is 1190 g/mol. The van der Waals surface area contributed by atoms with E-state index in [0.29, 0.717) is 73.2 Å². The van der Waals surface area contributed by atoms with E-state index in [1.165, 1.54) is 0 Å². The van der Waals surface area contributed by atoms with Crippen LogP contribution in [0.3, 0.4) is 0 Å². The Morgan fingerprint density at radius 1 is 0.462 bits per heavy atom. The predicted molar refractivity (Wildman–Crippen MR) is 367 cm³/mol. The van der Waals surface area contributed by atoms with Crippen molar-refractivity contribution in [2.45, 2.75) is 13.8 Å². The van der Waals surface area contributed by atoms with Crippen molar-refractivity contribution in [1.29, 1.82) is 0 Å². The molecule has 0 bridgehead atoms. The Balaban J connectivity index is 0.947. The van der Waals surface area contributed by atoms with Gasteiger partial charge in [-0.05, 0) is 144 Å².